The van der Waals surface area contributed by atoms with Gasteiger partial charge in [-0.15, -0.1) is 0 Å². The lowest BCUT2D eigenvalue weighted by Gasteiger charge is -2.26. The van der Waals surface area contributed by atoms with E-state index in [2.05, 4.69) is 16.4 Å². The molecule has 1 N–H and O–H groups in total. The van der Waals surface area contributed by atoms with E-state index in [4.69, 9.17) is 4.74 Å². The SMILES string of the molecule is Cc1ccc(OCC(=O)N[C@@H]2CCCc3ccccc32)c([N+](=O)[O-])n1. The fraction of sp³-hybridized carbons (Fsp3) is 0.333. The minimum absolute atomic E-state index is 0.00482. The topological polar surface area (TPSA) is 94.4 Å². The number of hydrogen-bond acceptors (Lipinski definition) is 5. The van der Waals surface area contributed by atoms with Crippen molar-refractivity contribution in [3.63, 3.8) is 0 Å². The zero-order valence-electron chi connectivity index (χ0n) is 13.9. The maximum absolute atomic E-state index is 12.2. The molecule has 1 atom stereocenters. The second-order valence-electron chi connectivity index (χ2n) is 6.03. The molecule has 1 aromatic heterocycles. The Bertz CT molecular complexity index is 807. The molecule has 3 rings (SSSR count). The van der Waals surface area contributed by atoms with Gasteiger partial charge >= 0.3 is 5.82 Å². The van der Waals surface area contributed by atoms with Crippen LogP contribution in [0, 0.1) is 17.0 Å². The zero-order chi connectivity index (χ0) is 17.8. The Kier molecular flexibility index (Phi) is 4.92. The molecule has 0 spiro atoms. The van der Waals surface area contributed by atoms with Crippen molar-refractivity contribution in [3.8, 4) is 5.75 Å². The number of pyridine rings is 1. The van der Waals surface area contributed by atoms with Crippen LogP contribution in [0.3, 0.4) is 0 Å². The molecular formula is C18H19N3O4. The number of aromatic nitrogens is 1. The molecule has 1 aliphatic rings. The first-order valence-electron chi connectivity index (χ1n) is 8.16. The molecule has 130 valence electrons. The van der Waals surface area contributed by atoms with Crippen LogP contribution in [-0.4, -0.2) is 22.4 Å². The number of nitro groups is 1. The highest BCUT2D eigenvalue weighted by molar-refractivity contribution is 5.78. The molecule has 0 fully saturated rings. The largest absolute Gasteiger partial charge is 0.476 e. The van der Waals surface area contributed by atoms with Crippen LogP contribution < -0.4 is 10.1 Å². The number of ether oxygens (including phenoxy) is 1. The predicted octanol–water partition coefficient (Wildman–Crippen LogP) is 2.87. The fourth-order valence-electron chi connectivity index (χ4n) is 3.06. The van der Waals surface area contributed by atoms with Crippen LogP contribution in [0.1, 0.15) is 35.7 Å². The van der Waals surface area contributed by atoms with E-state index in [0.717, 1.165) is 24.8 Å². The molecule has 0 saturated heterocycles. The summed E-state index contributed by atoms with van der Waals surface area (Å²) in [7, 11) is 0. The molecule has 1 aliphatic carbocycles. The number of benzene rings is 1. The van der Waals surface area contributed by atoms with Gasteiger partial charge in [-0.2, -0.15) is 0 Å². The number of carbonyl (C=O) groups is 1. The Morgan fingerprint density at radius 2 is 2.16 bits per heavy atom. The lowest BCUT2D eigenvalue weighted by Crippen LogP contribution is -2.34. The molecule has 1 aromatic carbocycles. The molecular weight excluding hydrogens is 322 g/mol. The normalized spacial score (nSPS) is 16.0. The van der Waals surface area contributed by atoms with Crippen LogP contribution in [0.4, 0.5) is 5.82 Å². The third kappa shape index (κ3) is 3.93. The van der Waals surface area contributed by atoms with E-state index in [9.17, 15) is 14.9 Å². The van der Waals surface area contributed by atoms with Crippen molar-refractivity contribution in [2.75, 3.05) is 6.61 Å². The summed E-state index contributed by atoms with van der Waals surface area (Å²) >= 11 is 0. The van der Waals surface area contributed by atoms with Gasteiger partial charge in [0.2, 0.25) is 5.75 Å². The maximum atomic E-state index is 12.2. The van der Waals surface area contributed by atoms with Crippen molar-refractivity contribution >= 4 is 11.7 Å². The molecule has 0 bridgehead atoms. The van der Waals surface area contributed by atoms with E-state index < -0.39 is 4.92 Å². The Morgan fingerprint density at radius 3 is 2.96 bits per heavy atom. The van der Waals surface area contributed by atoms with Crippen LogP contribution in [-0.2, 0) is 11.2 Å². The first-order chi connectivity index (χ1) is 12.0. The van der Waals surface area contributed by atoms with Crippen LogP contribution in [0.15, 0.2) is 36.4 Å². The highest BCUT2D eigenvalue weighted by Crippen LogP contribution is 2.29. The molecule has 1 amide bonds. The molecule has 7 heteroatoms. The summed E-state index contributed by atoms with van der Waals surface area (Å²) in [6, 6.07) is 11.1. The van der Waals surface area contributed by atoms with Crippen molar-refractivity contribution in [2.24, 2.45) is 0 Å². The van der Waals surface area contributed by atoms with Gasteiger partial charge < -0.3 is 20.2 Å². The zero-order valence-corrected chi connectivity index (χ0v) is 13.9. The van der Waals surface area contributed by atoms with Crippen LogP contribution in [0.2, 0.25) is 0 Å². The summed E-state index contributed by atoms with van der Waals surface area (Å²) in [5.74, 6) is -0.692. The number of carbonyl (C=O) groups excluding carboxylic acids is 1. The van der Waals surface area contributed by atoms with Gasteiger partial charge in [-0.3, -0.25) is 4.79 Å². The summed E-state index contributed by atoms with van der Waals surface area (Å²) in [6.45, 7) is 1.37. The summed E-state index contributed by atoms with van der Waals surface area (Å²) in [6.07, 6.45) is 2.89. The molecule has 1 heterocycles. The smallest absolute Gasteiger partial charge is 0.406 e. The van der Waals surface area contributed by atoms with Crippen molar-refractivity contribution in [3.05, 3.63) is 63.3 Å². The molecule has 25 heavy (non-hydrogen) atoms. The maximum Gasteiger partial charge on any atom is 0.406 e. The van der Waals surface area contributed by atoms with Crippen molar-refractivity contribution < 1.29 is 14.5 Å². The van der Waals surface area contributed by atoms with Gasteiger partial charge in [-0.1, -0.05) is 24.3 Å². The van der Waals surface area contributed by atoms with Gasteiger partial charge in [-0.05, 0) is 52.4 Å². The van der Waals surface area contributed by atoms with Gasteiger partial charge in [0.15, 0.2) is 6.61 Å². The summed E-state index contributed by atoms with van der Waals surface area (Å²) in [5, 5.41) is 14.0. The number of nitrogens with zero attached hydrogens (tertiary/aromatic N) is 2. The number of hydrogen-bond donors (Lipinski definition) is 1. The molecule has 2 aromatic rings. The lowest BCUT2D eigenvalue weighted by molar-refractivity contribution is -0.390. The van der Waals surface area contributed by atoms with Crippen molar-refractivity contribution in [2.45, 2.75) is 32.2 Å². The third-order valence-corrected chi connectivity index (χ3v) is 4.21. The quantitative estimate of drug-likeness (QED) is 0.666. The first kappa shape index (κ1) is 16.9. The second kappa shape index (κ2) is 7.29. The lowest BCUT2D eigenvalue weighted by atomic mass is 9.88. The number of nitrogens with one attached hydrogen (secondary N) is 1. The standard InChI is InChI=1S/C18H19N3O4/c1-12-9-10-16(18(19-12)21(23)24)25-11-17(22)20-15-8-4-6-13-5-2-3-7-14(13)15/h2-3,5,7,9-10,15H,4,6,8,11H2,1H3,(H,20,22)/t15-/m1/s1. The number of aryl methyl sites for hydroxylation is 2. The monoisotopic (exact) mass is 341 g/mol. The number of rotatable bonds is 5. The Labute approximate surface area is 145 Å². The van der Waals surface area contributed by atoms with E-state index in [1.54, 1.807) is 13.0 Å². The summed E-state index contributed by atoms with van der Waals surface area (Å²) in [4.78, 5) is 26.5. The Balaban J connectivity index is 1.64. The number of amides is 1. The molecule has 0 unspecified atom stereocenters. The van der Waals surface area contributed by atoms with Gasteiger partial charge in [0.1, 0.15) is 5.69 Å². The van der Waals surface area contributed by atoms with E-state index >= 15 is 0 Å². The van der Waals surface area contributed by atoms with Gasteiger partial charge in [0, 0.05) is 6.92 Å². The molecule has 0 radical (unpaired) electrons. The van der Waals surface area contributed by atoms with Crippen LogP contribution in [0.25, 0.3) is 0 Å². The second-order valence-corrected chi connectivity index (χ2v) is 6.03. The minimum atomic E-state index is -0.613. The highest BCUT2D eigenvalue weighted by atomic mass is 16.6. The average Bonchev–Trinajstić information content (AvgIpc) is 2.61. The highest BCUT2D eigenvalue weighted by Gasteiger charge is 2.23. The fourth-order valence-corrected chi connectivity index (χ4v) is 3.06. The molecule has 0 saturated carbocycles. The molecule has 0 aliphatic heterocycles. The molecule has 7 nitrogen and oxygen atoms in total. The van der Waals surface area contributed by atoms with Crippen molar-refractivity contribution in [1.82, 2.24) is 10.3 Å². The average molecular weight is 341 g/mol. The number of fused-ring (bicyclic) bond motifs is 1. The third-order valence-electron chi connectivity index (χ3n) is 4.21. The summed E-state index contributed by atoms with van der Waals surface area (Å²) in [5.41, 5.74) is 2.89. The first-order valence-corrected chi connectivity index (χ1v) is 8.16. The minimum Gasteiger partial charge on any atom is -0.476 e. The van der Waals surface area contributed by atoms with Crippen molar-refractivity contribution in [1.29, 1.82) is 0 Å². The van der Waals surface area contributed by atoms with E-state index in [0.29, 0.717) is 5.69 Å². The summed E-state index contributed by atoms with van der Waals surface area (Å²) < 4.78 is 5.33. The predicted molar refractivity (Wildman–Crippen MR) is 91.4 cm³/mol. The van der Waals surface area contributed by atoms with E-state index in [1.807, 2.05) is 18.2 Å². The van der Waals surface area contributed by atoms with Gasteiger partial charge in [-0.25, -0.2) is 0 Å². The van der Waals surface area contributed by atoms with E-state index in [-0.39, 0.29) is 30.1 Å². The van der Waals surface area contributed by atoms with Crippen LogP contribution in [0.5, 0.6) is 5.75 Å². The van der Waals surface area contributed by atoms with Gasteiger partial charge in [0.05, 0.1) is 6.04 Å². The van der Waals surface area contributed by atoms with E-state index in [1.165, 1.54) is 11.6 Å². The Morgan fingerprint density at radius 1 is 1.36 bits per heavy atom. The van der Waals surface area contributed by atoms with Gasteiger partial charge in [0.25, 0.3) is 5.91 Å². The van der Waals surface area contributed by atoms with Crippen LogP contribution >= 0.6 is 0 Å². The Hall–Kier alpha value is -2.96.